The molecule has 22 heavy (non-hydrogen) atoms. The number of rotatable bonds is 8. The molecule has 2 heteroatoms. The van der Waals surface area contributed by atoms with Gasteiger partial charge in [-0.2, -0.15) is 0 Å². The fourth-order valence-electron chi connectivity index (χ4n) is 3.01. The molecule has 3 unspecified atom stereocenters. The van der Waals surface area contributed by atoms with Crippen LogP contribution < -0.4 is 5.73 Å². The Balaban J connectivity index is 2.47. The van der Waals surface area contributed by atoms with Crippen LogP contribution in [0.2, 0.25) is 0 Å². The Morgan fingerprint density at radius 3 is 2.77 bits per heavy atom. The van der Waals surface area contributed by atoms with Crippen molar-refractivity contribution in [1.29, 1.82) is 5.41 Å². The zero-order valence-corrected chi connectivity index (χ0v) is 14.4. The Bertz CT molecular complexity index is 468. The molecule has 0 heterocycles. The molecule has 0 spiro atoms. The summed E-state index contributed by atoms with van der Waals surface area (Å²) in [5.74, 6) is 0.919. The highest BCUT2D eigenvalue weighted by molar-refractivity contribution is 5.98. The van der Waals surface area contributed by atoms with Crippen molar-refractivity contribution in [2.45, 2.75) is 58.9 Å². The van der Waals surface area contributed by atoms with Gasteiger partial charge in [0.2, 0.25) is 0 Å². The highest BCUT2D eigenvalue weighted by Crippen LogP contribution is 2.31. The van der Waals surface area contributed by atoms with Crippen molar-refractivity contribution >= 4 is 5.71 Å². The zero-order chi connectivity index (χ0) is 16.5. The average Bonchev–Trinajstić information content (AvgIpc) is 2.46. The quantitative estimate of drug-likeness (QED) is 0.596. The first-order valence-corrected chi connectivity index (χ1v) is 8.42. The van der Waals surface area contributed by atoms with E-state index < -0.39 is 0 Å². The molecule has 0 aromatic heterocycles. The molecule has 0 aromatic carbocycles. The van der Waals surface area contributed by atoms with Crippen LogP contribution in [0.3, 0.4) is 0 Å². The second kappa shape index (κ2) is 9.58. The van der Waals surface area contributed by atoms with E-state index >= 15 is 0 Å². The lowest BCUT2D eigenvalue weighted by Gasteiger charge is -2.33. The van der Waals surface area contributed by atoms with Gasteiger partial charge in [-0.1, -0.05) is 36.8 Å². The van der Waals surface area contributed by atoms with Crippen molar-refractivity contribution in [2.24, 2.45) is 17.6 Å². The van der Waals surface area contributed by atoms with E-state index in [1.807, 2.05) is 19.1 Å². The van der Waals surface area contributed by atoms with E-state index in [0.29, 0.717) is 17.5 Å². The molecule has 3 atom stereocenters. The minimum Gasteiger partial charge on any atom is -0.322 e. The van der Waals surface area contributed by atoms with Gasteiger partial charge in [0.15, 0.2) is 0 Å². The van der Waals surface area contributed by atoms with Gasteiger partial charge in [0.25, 0.3) is 0 Å². The van der Waals surface area contributed by atoms with E-state index in [1.54, 1.807) is 0 Å². The van der Waals surface area contributed by atoms with E-state index in [1.165, 1.54) is 11.1 Å². The Morgan fingerprint density at radius 1 is 1.45 bits per heavy atom. The molecule has 1 aliphatic rings. The van der Waals surface area contributed by atoms with Crippen LogP contribution in [0, 0.1) is 17.2 Å². The number of nitrogens with two attached hydrogens (primary N) is 1. The van der Waals surface area contributed by atoms with Crippen LogP contribution in [0.4, 0.5) is 0 Å². The largest absolute Gasteiger partial charge is 0.322 e. The highest BCUT2D eigenvalue weighted by Gasteiger charge is 2.29. The Morgan fingerprint density at radius 2 is 2.14 bits per heavy atom. The Labute approximate surface area is 136 Å². The summed E-state index contributed by atoms with van der Waals surface area (Å²) in [6, 6.07) is -0.114. The van der Waals surface area contributed by atoms with Crippen molar-refractivity contribution in [2.75, 3.05) is 0 Å². The first kappa shape index (κ1) is 18.6. The minimum atomic E-state index is -0.114. The van der Waals surface area contributed by atoms with Crippen LogP contribution in [0.25, 0.3) is 0 Å². The van der Waals surface area contributed by atoms with Crippen LogP contribution in [0.5, 0.6) is 0 Å². The zero-order valence-electron chi connectivity index (χ0n) is 14.4. The molecule has 3 N–H and O–H groups in total. The molecule has 122 valence electrons. The monoisotopic (exact) mass is 300 g/mol. The number of nitrogens with one attached hydrogen (secondary N) is 1. The van der Waals surface area contributed by atoms with Gasteiger partial charge >= 0.3 is 0 Å². The lowest BCUT2D eigenvalue weighted by atomic mass is 9.75. The molecular formula is C20H32N2. The number of hydrogen-bond acceptors (Lipinski definition) is 2. The maximum Gasteiger partial charge on any atom is 0.0497 e. The summed E-state index contributed by atoms with van der Waals surface area (Å²) in [5.41, 5.74) is 9.31. The predicted molar refractivity (Wildman–Crippen MR) is 98.3 cm³/mol. The molecule has 0 fully saturated rings. The number of allylic oxidation sites excluding steroid dienone is 6. The lowest BCUT2D eigenvalue weighted by Crippen LogP contribution is -2.42. The van der Waals surface area contributed by atoms with E-state index in [-0.39, 0.29) is 6.04 Å². The summed E-state index contributed by atoms with van der Waals surface area (Å²) in [4.78, 5) is 0. The smallest absolute Gasteiger partial charge is 0.0497 e. The predicted octanol–water partition coefficient (Wildman–Crippen LogP) is 5.18. The van der Waals surface area contributed by atoms with Crippen LogP contribution in [-0.2, 0) is 0 Å². The summed E-state index contributed by atoms with van der Waals surface area (Å²) in [5, 5.41) is 8.08. The standard InChI is InChI=1S/C20H32N2/c1-5-10-17-13-18(20(22)19(21)14-17)16(4)12-9-7-6-8-11-15(2)3/h5-7,10,14,16,18,20-21H,2,8-9,11-13,22H2,1,3-4H3/b7-6+,10-5+,21-19?. The van der Waals surface area contributed by atoms with Crippen LogP contribution >= 0.6 is 0 Å². The summed E-state index contributed by atoms with van der Waals surface area (Å²) in [6.45, 7) is 10.3. The molecule has 0 radical (unpaired) electrons. The fraction of sp³-hybridized carbons (Fsp3) is 0.550. The highest BCUT2D eigenvalue weighted by atomic mass is 14.7. The third-order valence-electron chi connectivity index (χ3n) is 4.44. The summed E-state index contributed by atoms with van der Waals surface area (Å²) < 4.78 is 0. The molecule has 0 bridgehead atoms. The molecular weight excluding hydrogens is 268 g/mol. The Hall–Kier alpha value is -1.41. The first-order valence-electron chi connectivity index (χ1n) is 8.42. The van der Waals surface area contributed by atoms with Crippen molar-refractivity contribution < 1.29 is 0 Å². The van der Waals surface area contributed by atoms with Gasteiger partial charge in [-0.3, -0.25) is 0 Å². The van der Waals surface area contributed by atoms with Gasteiger partial charge < -0.3 is 11.1 Å². The van der Waals surface area contributed by atoms with Crippen molar-refractivity contribution in [1.82, 2.24) is 0 Å². The van der Waals surface area contributed by atoms with Crippen molar-refractivity contribution in [3.05, 3.63) is 48.1 Å². The topological polar surface area (TPSA) is 49.9 Å². The summed E-state index contributed by atoms with van der Waals surface area (Å²) >= 11 is 0. The molecule has 1 aliphatic carbocycles. The van der Waals surface area contributed by atoms with E-state index in [4.69, 9.17) is 11.1 Å². The molecule has 0 amide bonds. The molecule has 0 saturated carbocycles. The van der Waals surface area contributed by atoms with Gasteiger partial charge in [0, 0.05) is 11.8 Å². The third kappa shape index (κ3) is 6.15. The molecule has 2 nitrogen and oxygen atoms in total. The summed E-state index contributed by atoms with van der Waals surface area (Å²) in [7, 11) is 0. The molecule has 0 saturated heterocycles. The van der Waals surface area contributed by atoms with Gasteiger partial charge in [-0.25, -0.2) is 0 Å². The van der Waals surface area contributed by atoms with Gasteiger partial charge in [-0.15, -0.1) is 6.58 Å². The Kier molecular flexibility index (Phi) is 8.11. The van der Waals surface area contributed by atoms with E-state index in [2.05, 4.69) is 38.7 Å². The molecule has 1 rings (SSSR count). The van der Waals surface area contributed by atoms with Crippen LogP contribution in [-0.4, -0.2) is 11.8 Å². The fourth-order valence-corrected chi connectivity index (χ4v) is 3.01. The first-order chi connectivity index (χ1) is 10.5. The average molecular weight is 300 g/mol. The SMILES string of the molecule is C=C(C)CC/C=C/CCC(C)C1CC(/C=C/C)=CC(=N)C1N. The lowest BCUT2D eigenvalue weighted by molar-refractivity contribution is 0.316. The minimum absolute atomic E-state index is 0.114. The van der Waals surface area contributed by atoms with Gasteiger partial charge in [0.1, 0.15) is 0 Å². The number of hydrogen-bond donors (Lipinski definition) is 2. The van der Waals surface area contributed by atoms with E-state index in [0.717, 1.165) is 32.1 Å². The van der Waals surface area contributed by atoms with Gasteiger partial charge in [0.05, 0.1) is 0 Å². The molecule has 0 aliphatic heterocycles. The second-order valence-electron chi connectivity index (χ2n) is 6.59. The van der Waals surface area contributed by atoms with Crippen molar-refractivity contribution in [3.8, 4) is 0 Å². The maximum absolute atomic E-state index is 8.08. The second-order valence-corrected chi connectivity index (χ2v) is 6.59. The van der Waals surface area contributed by atoms with Crippen LogP contribution in [0.15, 0.2) is 48.1 Å². The maximum atomic E-state index is 8.08. The third-order valence-corrected chi connectivity index (χ3v) is 4.44. The van der Waals surface area contributed by atoms with E-state index in [9.17, 15) is 0 Å². The van der Waals surface area contributed by atoms with Crippen molar-refractivity contribution in [3.63, 3.8) is 0 Å². The molecule has 0 aromatic rings. The normalized spacial score (nSPS) is 24.0. The summed E-state index contributed by atoms with van der Waals surface area (Å²) in [6.07, 6.45) is 16.0. The van der Waals surface area contributed by atoms with Crippen LogP contribution in [0.1, 0.15) is 52.9 Å². The van der Waals surface area contributed by atoms with Gasteiger partial charge in [-0.05, 0) is 69.4 Å².